The van der Waals surface area contributed by atoms with Crippen molar-refractivity contribution in [2.45, 2.75) is 65.5 Å². The van der Waals surface area contributed by atoms with Gasteiger partial charge in [0.2, 0.25) is 5.82 Å². The molecule has 4 N–H and O–H groups in total. The molecule has 0 saturated heterocycles. The van der Waals surface area contributed by atoms with E-state index in [4.69, 9.17) is 4.74 Å². The van der Waals surface area contributed by atoms with Crippen LogP contribution in [0.2, 0.25) is 0 Å². The number of carbonyl (C=O) groups excluding carboxylic acids is 1. The molecular weight excluding hydrogens is 475 g/mol. The van der Waals surface area contributed by atoms with Crippen molar-refractivity contribution >= 4 is 47.4 Å². The third-order valence-electron chi connectivity index (χ3n) is 5.64. The largest absolute Gasteiger partial charge is 0.383 e. The van der Waals surface area contributed by atoms with Crippen molar-refractivity contribution in [2.75, 3.05) is 32.1 Å². The molecule has 1 fully saturated rings. The van der Waals surface area contributed by atoms with Crippen molar-refractivity contribution in [1.29, 1.82) is 0 Å². The van der Waals surface area contributed by atoms with Crippen LogP contribution in [0.3, 0.4) is 0 Å². The summed E-state index contributed by atoms with van der Waals surface area (Å²) >= 11 is 0. The molecule has 0 aliphatic heterocycles. The standard InChI is InChI=1S/C24H38N6O2.2ClH/c1-16-10-11-18-17(14-16)21(29-22(27-18)23(31)25-15-24(2,3)4)28-19-8-6-7-9-20(19)30-26-12-13-32-5;;/h10-11,14,19-20,26,30H,6-9,12-13,15H2,1-5H3,(H,25,31)(H,27,28,29);2*1H/t19-,20+;;/m0../s1. The summed E-state index contributed by atoms with van der Waals surface area (Å²) in [4.78, 5) is 22.0. The van der Waals surface area contributed by atoms with Crippen molar-refractivity contribution in [3.05, 3.63) is 29.6 Å². The molecule has 1 amide bonds. The SMILES string of the molecule is COCCNN[C@@H]1CCCC[C@@H]1Nc1nc(C(=O)NCC(C)(C)C)nc2ccc(C)cc12.Cl.Cl. The number of rotatable bonds is 9. The molecule has 8 nitrogen and oxygen atoms in total. The number of hydrogen-bond donors (Lipinski definition) is 4. The number of benzene rings is 1. The molecule has 0 radical (unpaired) electrons. The molecule has 0 spiro atoms. The minimum Gasteiger partial charge on any atom is -0.383 e. The molecule has 1 aliphatic carbocycles. The predicted octanol–water partition coefficient (Wildman–Crippen LogP) is 4.02. The number of nitrogens with zero attached hydrogens (tertiary/aromatic N) is 2. The Kier molecular flexibility index (Phi) is 12.5. The van der Waals surface area contributed by atoms with Crippen LogP contribution in [-0.2, 0) is 4.74 Å². The average Bonchev–Trinajstić information content (AvgIpc) is 2.75. The second kappa shape index (κ2) is 14.0. The molecule has 1 heterocycles. The van der Waals surface area contributed by atoms with Crippen molar-refractivity contribution in [3.63, 3.8) is 0 Å². The lowest BCUT2D eigenvalue weighted by atomic mass is 9.90. The van der Waals surface area contributed by atoms with Crippen LogP contribution < -0.4 is 21.5 Å². The second-order valence-corrected chi connectivity index (χ2v) is 9.87. The Morgan fingerprint density at radius 3 is 2.50 bits per heavy atom. The molecular formula is C24H40Cl2N6O2. The van der Waals surface area contributed by atoms with Gasteiger partial charge in [-0.3, -0.25) is 15.6 Å². The molecule has 10 heteroatoms. The molecule has 1 aromatic carbocycles. The Labute approximate surface area is 215 Å². The van der Waals surface area contributed by atoms with Crippen molar-refractivity contribution in [1.82, 2.24) is 26.1 Å². The van der Waals surface area contributed by atoms with Crippen LogP contribution in [-0.4, -0.2) is 54.8 Å². The van der Waals surface area contributed by atoms with E-state index < -0.39 is 0 Å². The monoisotopic (exact) mass is 514 g/mol. The predicted molar refractivity (Wildman–Crippen MR) is 143 cm³/mol. The quantitative estimate of drug-likeness (QED) is 0.296. The first-order valence-corrected chi connectivity index (χ1v) is 11.6. The van der Waals surface area contributed by atoms with Crippen LogP contribution in [0.25, 0.3) is 10.9 Å². The van der Waals surface area contributed by atoms with Crippen LogP contribution in [0.4, 0.5) is 5.82 Å². The summed E-state index contributed by atoms with van der Waals surface area (Å²) in [6.07, 6.45) is 4.45. The Morgan fingerprint density at radius 1 is 1.12 bits per heavy atom. The number of ether oxygens (including phenoxy) is 1. The fourth-order valence-corrected chi connectivity index (χ4v) is 3.89. The van der Waals surface area contributed by atoms with Crippen LogP contribution in [0.15, 0.2) is 18.2 Å². The molecule has 0 bridgehead atoms. The summed E-state index contributed by atoms with van der Waals surface area (Å²) in [5.41, 5.74) is 8.60. The van der Waals surface area contributed by atoms with E-state index in [1.807, 2.05) is 12.1 Å². The Hall–Kier alpha value is -1.71. The molecule has 1 aliphatic rings. The lowest BCUT2D eigenvalue weighted by Gasteiger charge is -2.33. The van der Waals surface area contributed by atoms with Crippen molar-refractivity contribution < 1.29 is 9.53 Å². The van der Waals surface area contributed by atoms with Gasteiger partial charge in [-0.15, -0.1) is 24.8 Å². The van der Waals surface area contributed by atoms with E-state index in [1.54, 1.807) is 7.11 Å². The lowest BCUT2D eigenvalue weighted by molar-refractivity contribution is 0.0929. The smallest absolute Gasteiger partial charge is 0.289 e. The highest BCUT2D eigenvalue weighted by molar-refractivity contribution is 5.96. The molecule has 2 atom stereocenters. The average molecular weight is 516 g/mol. The highest BCUT2D eigenvalue weighted by Crippen LogP contribution is 2.27. The number of hydrazine groups is 1. The second-order valence-electron chi connectivity index (χ2n) is 9.87. The zero-order valence-corrected chi connectivity index (χ0v) is 22.5. The summed E-state index contributed by atoms with van der Waals surface area (Å²) in [6.45, 7) is 10.3. The van der Waals surface area contributed by atoms with Crippen LogP contribution in [0.1, 0.15) is 62.6 Å². The minimum absolute atomic E-state index is 0. The fraction of sp³-hybridized carbons (Fsp3) is 0.625. The van der Waals surface area contributed by atoms with Gasteiger partial charge in [-0.25, -0.2) is 9.97 Å². The zero-order valence-electron chi connectivity index (χ0n) is 20.9. The summed E-state index contributed by atoms with van der Waals surface area (Å²) in [5, 5.41) is 7.55. The van der Waals surface area contributed by atoms with E-state index in [9.17, 15) is 4.79 Å². The topological polar surface area (TPSA) is 100 Å². The van der Waals surface area contributed by atoms with Gasteiger partial charge in [-0.05, 0) is 37.3 Å². The first kappa shape index (κ1) is 30.3. The minimum atomic E-state index is -0.245. The lowest BCUT2D eigenvalue weighted by Crippen LogP contribution is -2.52. The number of hydrogen-bond acceptors (Lipinski definition) is 7. The van der Waals surface area contributed by atoms with Crippen LogP contribution in [0, 0.1) is 12.3 Å². The Bertz CT molecular complexity index is 922. The number of amides is 1. The summed E-state index contributed by atoms with van der Waals surface area (Å²) in [6, 6.07) is 6.51. The highest BCUT2D eigenvalue weighted by atomic mass is 35.5. The third-order valence-corrected chi connectivity index (χ3v) is 5.64. The maximum absolute atomic E-state index is 12.8. The number of anilines is 1. The van der Waals surface area contributed by atoms with Gasteiger partial charge < -0.3 is 15.4 Å². The van der Waals surface area contributed by atoms with Gasteiger partial charge >= 0.3 is 0 Å². The van der Waals surface area contributed by atoms with E-state index in [0.717, 1.165) is 48.1 Å². The molecule has 192 valence electrons. The molecule has 0 unspecified atom stereocenters. The van der Waals surface area contributed by atoms with Gasteiger partial charge in [0, 0.05) is 37.7 Å². The molecule has 1 saturated carbocycles. The Balaban J connectivity index is 0.00000289. The molecule has 34 heavy (non-hydrogen) atoms. The number of aromatic nitrogens is 2. The maximum Gasteiger partial charge on any atom is 0.289 e. The van der Waals surface area contributed by atoms with Gasteiger partial charge in [-0.1, -0.05) is 45.2 Å². The van der Waals surface area contributed by atoms with Gasteiger partial charge in [0.05, 0.1) is 12.1 Å². The molecule has 3 rings (SSSR count). The highest BCUT2D eigenvalue weighted by Gasteiger charge is 2.26. The number of aryl methyl sites for hydroxylation is 1. The van der Waals surface area contributed by atoms with E-state index in [-0.39, 0.29) is 54.0 Å². The number of nitrogens with one attached hydrogen (secondary N) is 4. The number of carbonyl (C=O) groups is 1. The van der Waals surface area contributed by atoms with Gasteiger partial charge in [0.1, 0.15) is 5.82 Å². The van der Waals surface area contributed by atoms with Gasteiger partial charge in [0.15, 0.2) is 0 Å². The van der Waals surface area contributed by atoms with Crippen molar-refractivity contribution in [2.24, 2.45) is 5.41 Å². The van der Waals surface area contributed by atoms with Gasteiger partial charge in [0.25, 0.3) is 5.91 Å². The third kappa shape index (κ3) is 8.82. The maximum atomic E-state index is 12.8. The molecule has 2 aromatic rings. The molecule has 1 aromatic heterocycles. The van der Waals surface area contributed by atoms with E-state index in [0.29, 0.717) is 13.2 Å². The normalized spacial score (nSPS) is 18.0. The number of halogens is 2. The zero-order chi connectivity index (χ0) is 23.1. The number of fused-ring (bicyclic) bond motifs is 1. The summed E-state index contributed by atoms with van der Waals surface area (Å²) < 4.78 is 5.12. The number of methoxy groups -OCH3 is 1. The first-order chi connectivity index (χ1) is 15.3. The summed E-state index contributed by atoms with van der Waals surface area (Å²) in [7, 11) is 1.70. The van der Waals surface area contributed by atoms with Crippen molar-refractivity contribution in [3.8, 4) is 0 Å². The first-order valence-electron chi connectivity index (χ1n) is 11.6. The van der Waals surface area contributed by atoms with E-state index >= 15 is 0 Å². The van der Waals surface area contributed by atoms with E-state index in [1.165, 1.54) is 6.42 Å². The Morgan fingerprint density at radius 2 is 1.82 bits per heavy atom. The van der Waals surface area contributed by atoms with Gasteiger partial charge in [-0.2, -0.15) is 0 Å². The fourth-order valence-electron chi connectivity index (χ4n) is 3.89. The summed E-state index contributed by atoms with van der Waals surface area (Å²) in [5.74, 6) is 0.673. The van der Waals surface area contributed by atoms with Crippen LogP contribution >= 0.6 is 24.8 Å². The van der Waals surface area contributed by atoms with Crippen LogP contribution in [0.5, 0.6) is 0 Å². The van der Waals surface area contributed by atoms with E-state index in [2.05, 4.69) is 65.2 Å².